The molecule has 1 heterocycles. The maximum atomic E-state index is 12.9. The third kappa shape index (κ3) is 6.71. The van der Waals surface area contributed by atoms with E-state index in [4.69, 9.17) is 14.6 Å². The Kier molecular flexibility index (Phi) is 7.92. The molecule has 1 aromatic heterocycles. The van der Waals surface area contributed by atoms with Gasteiger partial charge in [0, 0.05) is 5.56 Å². The molecule has 174 valence electrons. The Labute approximate surface area is 189 Å². The summed E-state index contributed by atoms with van der Waals surface area (Å²) in [5, 5.41) is 8.90. The molecule has 5 nitrogen and oxygen atoms in total. The maximum Gasteiger partial charge on any atom is 0.416 e. The van der Waals surface area contributed by atoms with Crippen LogP contribution in [0.25, 0.3) is 11.3 Å². The first-order valence-corrected chi connectivity index (χ1v) is 10.5. The van der Waals surface area contributed by atoms with E-state index >= 15 is 0 Å². The summed E-state index contributed by atoms with van der Waals surface area (Å²) in [6.07, 6.45) is -2.42. The summed E-state index contributed by atoms with van der Waals surface area (Å²) in [6, 6.07) is 17.0. The number of aromatic nitrogens is 1. The van der Waals surface area contributed by atoms with Crippen LogP contribution in [0.15, 0.2) is 66.7 Å². The molecule has 3 rings (SSSR count). The summed E-state index contributed by atoms with van der Waals surface area (Å²) in [4.78, 5) is 15.5. The minimum Gasteiger partial charge on any atom is -0.480 e. The zero-order chi connectivity index (χ0) is 23.8. The molecule has 0 aliphatic carbocycles. The van der Waals surface area contributed by atoms with E-state index in [0.29, 0.717) is 34.9 Å². The highest BCUT2D eigenvalue weighted by Gasteiger charge is 2.30. The second-order valence-corrected chi connectivity index (χ2v) is 7.40. The van der Waals surface area contributed by atoms with Crippen molar-refractivity contribution in [3.05, 3.63) is 78.0 Å². The van der Waals surface area contributed by atoms with Gasteiger partial charge in [0.1, 0.15) is 6.10 Å². The molecule has 0 radical (unpaired) electrons. The first-order chi connectivity index (χ1) is 15.8. The summed E-state index contributed by atoms with van der Waals surface area (Å²) < 4.78 is 50.1. The highest BCUT2D eigenvalue weighted by molar-refractivity contribution is 5.68. The first kappa shape index (κ1) is 24.1. The van der Waals surface area contributed by atoms with Gasteiger partial charge in [-0.25, -0.2) is 9.78 Å². The fourth-order valence-electron chi connectivity index (χ4n) is 3.24. The van der Waals surface area contributed by atoms with Gasteiger partial charge < -0.3 is 14.6 Å². The molecule has 0 bridgehead atoms. The van der Waals surface area contributed by atoms with Crippen LogP contribution in [0.5, 0.6) is 11.5 Å². The quantitative estimate of drug-likeness (QED) is 0.373. The van der Waals surface area contributed by atoms with E-state index < -0.39 is 30.4 Å². The SMILES string of the molecule is CCCCC(Oc1ccccc1OCC(=O)O)c1cccc(-c2ccc(C(F)(F)F)cc2)n1. The number of carbonyl (C=O) groups is 1. The number of hydrogen-bond donors (Lipinski definition) is 1. The van der Waals surface area contributed by atoms with Crippen molar-refractivity contribution in [1.29, 1.82) is 0 Å². The second-order valence-electron chi connectivity index (χ2n) is 7.40. The Morgan fingerprint density at radius 1 is 1.00 bits per heavy atom. The van der Waals surface area contributed by atoms with Crippen LogP contribution in [-0.4, -0.2) is 22.7 Å². The Hall–Kier alpha value is -3.55. The molecule has 33 heavy (non-hydrogen) atoms. The van der Waals surface area contributed by atoms with Gasteiger partial charge in [-0.05, 0) is 49.2 Å². The third-order valence-electron chi connectivity index (χ3n) is 4.90. The van der Waals surface area contributed by atoms with Crippen molar-refractivity contribution in [2.24, 2.45) is 0 Å². The van der Waals surface area contributed by atoms with Crippen molar-refractivity contribution in [3.63, 3.8) is 0 Å². The average Bonchev–Trinajstić information content (AvgIpc) is 2.80. The fourth-order valence-corrected chi connectivity index (χ4v) is 3.24. The predicted molar refractivity (Wildman–Crippen MR) is 117 cm³/mol. The van der Waals surface area contributed by atoms with Gasteiger partial charge in [0.25, 0.3) is 0 Å². The number of carboxylic acids is 1. The molecule has 0 saturated heterocycles. The lowest BCUT2D eigenvalue weighted by Crippen LogP contribution is -2.13. The van der Waals surface area contributed by atoms with Crippen LogP contribution < -0.4 is 9.47 Å². The Morgan fingerprint density at radius 3 is 2.33 bits per heavy atom. The topological polar surface area (TPSA) is 68.7 Å². The van der Waals surface area contributed by atoms with Gasteiger partial charge in [0.2, 0.25) is 0 Å². The van der Waals surface area contributed by atoms with Gasteiger partial charge in [-0.2, -0.15) is 13.2 Å². The summed E-state index contributed by atoms with van der Waals surface area (Å²) >= 11 is 0. The van der Waals surface area contributed by atoms with Crippen molar-refractivity contribution in [2.45, 2.75) is 38.5 Å². The molecule has 2 aromatic carbocycles. The smallest absolute Gasteiger partial charge is 0.416 e. The van der Waals surface area contributed by atoms with E-state index in [-0.39, 0.29) is 0 Å². The van der Waals surface area contributed by atoms with Crippen molar-refractivity contribution in [2.75, 3.05) is 6.61 Å². The number of rotatable bonds is 10. The standard InChI is InChI=1S/C25H24F3NO4/c1-2-3-9-21(33-23-11-5-4-10-22(23)32-16-24(30)31)20-8-6-7-19(29-20)17-12-14-18(15-13-17)25(26,27)28/h4-8,10-15,21H,2-3,9,16H2,1H3,(H,30,31). The molecule has 1 unspecified atom stereocenters. The van der Waals surface area contributed by atoms with Crippen LogP contribution in [-0.2, 0) is 11.0 Å². The van der Waals surface area contributed by atoms with Crippen LogP contribution in [0.2, 0.25) is 0 Å². The molecule has 1 N–H and O–H groups in total. The number of unbranched alkanes of at least 4 members (excludes halogenated alkanes) is 1. The lowest BCUT2D eigenvalue weighted by molar-refractivity contribution is -0.139. The van der Waals surface area contributed by atoms with Gasteiger partial charge in [-0.15, -0.1) is 0 Å². The number of alkyl halides is 3. The number of ether oxygens (including phenoxy) is 2. The summed E-state index contributed by atoms with van der Waals surface area (Å²) in [6.45, 7) is 1.55. The molecule has 0 saturated carbocycles. The van der Waals surface area contributed by atoms with Gasteiger partial charge >= 0.3 is 12.1 Å². The number of aliphatic carboxylic acids is 1. The van der Waals surface area contributed by atoms with E-state index in [1.54, 1.807) is 42.5 Å². The van der Waals surface area contributed by atoms with Crippen molar-refractivity contribution < 1.29 is 32.5 Å². The Morgan fingerprint density at radius 2 is 1.70 bits per heavy atom. The molecule has 0 aliphatic rings. The Balaban J connectivity index is 1.87. The molecular weight excluding hydrogens is 435 g/mol. The molecule has 0 aliphatic heterocycles. The lowest BCUT2D eigenvalue weighted by Gasteiger charge is -2.21. The normalized spacial score (nSPS) is 12.2. The first-order valence-electron chi connectivity index (χ1n) is 10.5. The largest absolute Gasteiger partial charge is 0.480 e. The van der Waals surface area contributed by atoms with Crippen LogP contribution >= 0.6 is 0 Å². The Bertz CT molecular complexity index is 1070. The minimum absolute atomic E-state index is 0.306. The molecular formula is C25H24F3NO4. The summed E-state index contributed by atoms with van der Waals surface area (Å²) in [5.74, 6) is -0.403. The maximum absolute atomic E-state index is 12.9. The molecule has 1 atom stereocenters. The monoisotopic (exact) mass is 459 g/mol. The van der Waals surface area contributed by atoms with Gasteiger partial charge in [0.05, 0.1) is 17.0 Å². The third-order valence-corrected chi connectivity index (χ3v) is 4.90. The van der Waals surface area contributed by atoms with E-state index in [0.717, 1.165) is 25.0 Å². The van der Waals surface area contributed by atoms with Crippen LogP contribution in [0.1, 0.15) is 43.5 Å². The number of benzene rings is 2. The van der Waals surface area contributed by atoms with Gasteiger partial charge in [0.15, 0.2) is 18.1 Å². The second kappa shape index (κ2) is 10.8. The number of pyridine rings is 1. The van der Waals surface area contributed by atoms with Gasteiger partial charge in [-0.1, -0.05) is 43.7 Å². The van der Waals surface area contributed by atoms with Crippen LogP contribution in [0, 0.1) is 0 Å². The van der Waals surface area contributed by atoms with Crippen molar-refractivity contribution in [3.8, 4) is 22.8 Å². The number of carboxylic acid groups (broad SMARTS) is 1. The number of nitrogens with zero attached hydrogens (tertiary/aromatic N) is 1. The van der Waals surface area contributed by atoms with Crippen LogP contribution in [0.3, 0.4) is 0 Å². The number of halogens is 3. The van der Waals surface area contributed by atoms with Gasteiger partial charge in [-0.3, -0.25) is 0 Å². The van der Waals surface area contributed by atoms with E-state index in [1.165, 1.54) is 12.1 Å². The number of para-hydroxylation sites is 2. The molecule has 0 fully saturated rings. The number of hydrogen-bond acceptors (Lipinski definition) is 4. The predicted octanol–water partition coefficient (Wildman–Crippen LogP) is 6.54. The fraction of sp³-hybridized carbons (Fsp3) is 0.280. The van der Waals surface area contributed by atoms with E-state index in [1.807, 2.05) is 6.92 Å². The minimum atomic E-state index is -4.40. The van der Waals surface area contributed by atoms with Crippen LogP contribution in [0.4, 0.5) is 13.2 Å². The average molecular weight is 459 g/mol. The molecule has 8 heteroatoms. The molecule has 0 spiro atoms. The zero-order valence-corrected chi connectivity index (χ0v) is 18.0. The highest BCUT2D eigenvalue weighted by atomic mass is 19.4. The lowest BCUT2D eigenvalue weighted by atomic mass is 10.1. The van der Waals surface area contributed by atoms with Crippen molar-refractivity contribution in [1.82, 2.24) is 4.98 Å². The van der Waals surface area contributed by atoms with E-state index in [9.17, 15) is 18.0 Å². The van der Waals surface area contributed by atoms with Crippen molar-refractivity contribution >= 4 is 5.97 Å². The molecule has 0 amide bonds. The molecule has 3 aromatic rings. The summed E-state index contributed by atoms with van der Waals surface area (Å²) in [5.41, 5.74) is 0.990. The van der Waals surface area contributed by atoms with E-state index in [2.05, 4.69) is 4.98 Å². The zero-order valence-electron chi connectivity index (χ0n) is 18.0. The summed E-state index contributed by atoms with van der Waals surface area (Å²) in [7, 11) is 0. The highest BCUT2D eigenvalue weighted by Crippen LogP contribution is 2.34.